The third-order valence-corrected chi connectivity index (χ3v) is 2.99. The summed E-state index contributed by atoms with van der Waals surface area (Å²) in [6, 6.07) is 7.15. The first kappa shape index (κ1) is 12.9. The molecular weight excluding hydrogens is 230 g/mol. The second-order valence-corrected chi connectivity index (χ2v) is 4.42. The molecule has 1 saturated heterocycles. The first-order valence-corrected chi connectivity index (χ1v) is 6.40. The maximum absolute atomic E-state index is 11.6. The molecular formula is C14H19NO3. The average Bonchev–Trinajstić information content (AvgIpc) is 2.90. The van der Waals surface area contributed by atoms with Crippen molar-refractivity contribution in [3.05, 3.63) is 29.8 Å². The minimum atomic E-state index is -0.300. The van der Waals surface area contributed by atoms with Gasteiger partial charge in [-0.1, -0.05) is 6.07 Å². The molecule has 0 aromatic heterocycles. The summed E-state index contributed by atoms with van der Waals surface area (Å²) in [5, 5.41) is 3.30. The molecule has 4 heteroatoms. The number of carbonyl (C=O) groups is 1. The Morgan fingerprint density at radius 1 is 1.50 bits per heavy atom. The standard InChI is InChI=1S/C14H19NO3/c1-2-17-14(16)12-4-3-5-13(8-12)18-10-11-6-7-15-9-11/h3-5,8,11,15H,2,6-7,9-10H2,1H3/t11-/m0/s1. The summed E-state index contributed by atoms with van der Waals surface area (Å²) in [5.74, 6) is 0.995. The van der Waals surface area contributed by atoms with Gasteiger partial charge >= 0.3 is 5.97 Å². The van der Waals surface area contributed by atoms with Crippen molar-refractivity contribution in [2.24, 2.45) is 5.92 Å². The third kappa shape index (κ3) is 3.47. The number of ether oxygens (including phenoxy) is 2. The molecule has 0 bridgehead atoms. The van der Waals surface area contributed by atoms with E-state index in [-0.39, 0.29) is 5.97 Å². The van der Waals surface area contributed by atoms with Crippen molar-refractivity contribution in [1.29, 1.82) is 0 Å². The normalized spacial score (nSPS) is 18.6. The Hall–Kier alpha value is -1.55. The van der Waals surface area contributed by atoms with Gasteiger partial charge in [0.1, 0.15) is 5.75 Å². The quantitative estimate of drug-likeness (QED) is 0.809. The van der Waals surface area contributed by atoms with E-state index in [4.69, 9.17) is 9.47 Å². The lowest BCUT2D eigenvalue weighted by Crippen LogP contribution is -2.15. The summed E-state index contributed by atoms with van der Waals surface area (Å²) in [6.07, 6.45) is 1.15. The zero-order chi connectivity index (χ0) is 12.8. The summed E-state index contributed by atoms with van der Waals surface area (Å²) in [4.78, 5) is 11.6. The number of esters is 1. The topological polar surface area (TPSA) is 47.6 Å². The van der Waals surface area contributed by atoms with Crippen LogP contribution < -0.4 is 10.1 Å². The predicted octanol–water partition coefficient (Wildman–Crippen LogP) is 1.85. The lowest BCUT2D eigenvalue weighted by atomic mass is 10.1. The first-order chi connectivity index (χ1) is 8.79. The van der Waals surface area contributed by atoms with Crippen molar-refractivity contribution in [3.63, 3.8) is 0 Å². The molecule has 1 aliphatic rings. The van der Waals surface area contributed by atoms with Gasteiger partial charge in [0, 0.05) is 12.5 Å². The number of benzene rings is 1. The number of rotatable bonds is 5. The van der Waals surface area contributed by atoms with Crippen LogP contribution in [-0.4, -0.2) is 32.3 Å². The molecule has 1 N–H and O–H groups in total. The Balaban J connectivity index is 1.91. The monoisotopic (exact) mass is 249 g/mol. The Morgan fingerprint density at radius 2 is 2.39 bits per heavy atom. The SMILES string of the molecule is CCOC(=O)c1cccc(OC[C@H]2CCNC2)c1. The van der Waals surface area contributed by atoms with Gasteiger partial charge in [0.25, 0.3) is 0 Å². The zero-order valence-corrected chi connectivity index (χ0v) is 10.6. The van der Waals surface area contributed by atoms with Crippen LogP contribution in [0.4, 0.5) is 0 Å². The maximum Gasteiger partial charge on any atom is 0.338 e. The van der Waals surface area contributed by atoms with Crippen LogP contribution >= 0.6 is 0 Å². The molecule has 1 aromatic carbocycles. The van der Waals surface area contributed by atoms with Gasteiger partial charge < -0.3 is 14.8 Å². The number of hydrogen-bond acceptors (Lipinski definition) is 4. The van der Waals surface area contributed by atoms with Gasteiger partial charge in [0.2, 0.25) is 0 Å². The lowest BCUT2D eigenvalue weighted by molar-refractivity contribution is 0.0526. The zero-order valence-electron chi connectivity index (χ0n) is 10.6. The van der Waals surface area contributed by atoms with Crippen molar-refractivity contribution >= 4 is 5.97 Å². The molecule has 1 heterocycles. The Labute approximate surface area is 107 Å². The second-order valence-electron chi connectivity index (χ2n) is 4.42. The summed E-state index contributed by atoms with van der Waals surface area (Å²) in [7, 11) is 0. The van der Waals surface area contributed by atoms with E-state index >= 15 is 0 Å². The van der Waals surface area contributed by atoms with E-state index in [9.17, 15) is 4.79 Å². The molecule has 0 unspecified atom stereocenters. The van der Waals surface area contributed by atoms with Crippen molar-refractivity contribution in [2.75, 3.05) is 26.3 Å². The van der Waals surface area contributed by atoms with E-state index in [0.717, 1.165) is 25.3 Å². The highest BCUT2D eigenvalue weighted by molar-refractivity contribution is 5.89. The molecule has 1 aliphatic heterocycles. The van der Waals surface area contributed by atoms with E-state index < -0.39 is 0 Å². The van der Waals surface area contributed by atoms with Gasteiger partial charge in [-0.3, -0.25) is 0 Å². The largest absolute Gasteiger partial charge is 0.493 e. The molecule has 1 fully saturated rings. The van der Waals surface area contributed by atoms with Crippen molar-refractivity contribution in [3.8, 4) is 5.75 Å². The fourth-order valence-electron chi connectivity index (χ4n) is 2.00. The highest BCUT2D eigenvalue weighted by Gasteiger charge is 2.15. The van der Waals surface area contributed by atoms with Gasteiger partial charge in [-0.15, -0.1) is 0 Å². The highest BCUT2D eigenvalue weighted by atomic mass is 16.5. The molecule has 98 valence electrons. The van der Waals surface area contributed by atoms with Crippen LogP contribution in [0.25, 0.3) is 0 Å². The van der Waals surface area contributed by atoms with E-state index in [1.54, 1.807) is 19.1 Å². The molecule has 0 spiro atoms. The van der Waals surface area contributed by atoms with Crippen LogP contribution in [0, 0.1) is 5.92 Å². The van der Waals surface area contributed by atoms with Gasteiger partial charge in [-0.05, 0) is 38.1 Å². The number of nitrogens with one attached hydrogen (secondary N) is 1. The summed E-state index contributed by atoms with van der Waals surface area (Å²) in [5.41, 5.74) is 0.541. The molecule has 0 aliphatic carbocycles. The Bertz CT molecular complexity index is 400. The lowest BCUT2D eigenvalue weighted by Gasteiger charge is -2.11. The second kappa shape index (κ2) is 6.40. The average molecular weight is 249 g/mol. The van der Waals surface area contributed by atoms with Crippen LogP contribution in [0.1, 0.15) is 23.7 Å². The molecule has 1 aromatic rings. The van der Waals surface area contributed by atoms with Gasteiger partial charge in [0.15, 0.2) is 0 Å². The number of hydrogen-bond donors (Lipinski definition) is 1. The molecule has 4 nitrogen and oxygen atoms in total. The summed E-state index contributed by atoms with van der Waals surface area (Å²) in [6.45, 7) is 4.96. The van der Waals surface area contributed by atoms with E-state index in [1.807, 2.05) is 12.1 Å². The molecule has 0 amide bonds. The van der Waals surface area contributed by atoms with Crippen LogP contribution in [0.15, 0.2) is 24.3 Å². The minimum absolute atomic E-state index is 0.300. The van der Waals surface area contributed by atoms with Gasteiger partial charge in [-0.25, -0.2) is 4.79 Å². The maximum atomic E-state index is 11.6. The Morgan fingerprint density at radius 3 is 3.11 bits per heavy atom. The van der Waals surface area contributed by atoms with Crippen molar-refractivity contribution < 1.29 is 14.3 Å². The molecule has 0 radical (unpaired) electrons. The van der Waals surface area contributed by atoms with Gasteiger partial charge in [-0.2, -0.15) is 0 Å². The molecule has 0 saturated carbocycles. The summed E-state index contributed by atoms with van der Waals surface area (Å²) < 4.78 is 10.7. The number of carbonyl (C=O) groups excluding carboxylic acids is 1. The van der Waals surface area contributed by atoms with Crippen LogP contribution in [0.2, 0.25) is 0 Å². The minimum Gasteiger partial charge on any atom is -0.493 e. The molecule has 2 rings (SSSR count). The Kier molecular flexibility index (Phi) is 4.59. The first-order valence-electron chi connectivity index (χ1n) is 6.40. The van der Waals surface area contributed by atoms with Crippen LogP contribution in [0.5, 0.6) is 5.75 Å². The fraction of sp³-hybridized carbons (Fsp3) is 0.500. The van der Waals surface area contributed by atoms with Crippen molar-refractivity contribution in [2.45, 2.75) is 13.3 Å². The van der Waals surface area contributed by atoms with Crippen LogP contribution in [-0.2, 0) is 4.74 Å². The highest BCUT2D eigenvalue weighted by Crippen LogP contribution is 2.16. The third-order valence-electron chi connectivity index (χ3n) is 2.99. The van der Waals surface area contributed by atoms with Crippen molar-refractivity contribution in [1.82, 2.24) is 5.32 Å². The molecule has 18 heavy (non-hydrogen) atoms. The predicted molar refractivity (Wildman–Crippen MR) is 68.9 cm³/mol. The van der Waals surface area contributed by atoms with E-state index in [2.05, 4.69) is 5.32 Å². The fourth-order valence-corrected chi connectivity index (χ4v) is 2.00. The molecule has 1 atom stereocenters. The van der Waals surface area contributed by atoms with E-state index in [0.29, 0.717) is 24.7 Å². The summed E-state index contributed by atoms with van der Waals surface area (Å²) >= 11 is 0. The van der Waals surface area contributed by atoms with E-state index in [1.165, 1.54) is 0 Å². The van der Waals surface area contributed by atoms with Gasteiger partial charge in [0.05, 0.1) is 18.8 Å². The van der Waals surface area contributed by atoms with Crippen LogP contribution in [0.3, 0.4) is 0 Å². The smallest absolute Gasteiger partial charge is 0.338 e.